The number of nitrogens with zero attached hydrogens (tertiary/aromatic N) is 4. The van der Waals surface area contributed by atoms with Gasteiger partial charge < -0.3 is 5.84 Å². The van der Waals surface area contributed by atoms with E-state index in [1.165, 1.54) is 16.4 Å². The van der Waals surface area contributed by atoms with Crippen LogP contribution in [0.3, 0.4) is 0 Å². The van der Waals surface area contributed by atoms with E-state index in [2.05, 4.69) is 20.7 Å². The number of amides is 1. The summed E-state index contributed by atoms with van der Waals surface area (Å²) in [5.74, 6) is 6.35. The Morgan fingerprint density at radius 3 is 2.65 bits per heavy atom. The van der Waals surface area contributed by atoms with Crippen LogP contribution in [0.15, 0.2) is 64.9 Å². The number of rotatable bonds is 6. The van der Waals surface area contributed by atoms with Gasteiger partial charge in [0.2, 0.25) is 5.16 Å². The van der Waals surface area contributed by atoms with E-state index < -0.39 is 0 Å². The number of nitrogens with two attached hydrogens (primary N) is 1. The molecule has 1 heterocycles. The van der Waals surface area contributed by atoms with Crippen LogP contribution in [0.25, 0.3) is 11.4 Å². The molecule has 7 nitrogen and oxygen atoms in total. The number of halogens is 1. The average molecular weight is 387 g/mol. The molecule has 0 saturated heterocycles. The highest BCUT2D eigenvalue weighted by atomic mass is 35.5. The van der Waals surface area contributed by atoms with Crippen molar-refractivity contribution < 1.29 is 4.79 Å². The van der Waals surface area contributed by atoms with Crippen LogP contribution < -0.4 is 11.3 Å². The lowest BCUT2D eigenvalue weighted by Crippen LogP contribution is -2.20. The summed E-state index contributed by atoms with van der Waals surface area (Å²) in [6, 6.07) is 16.6. The van der Waals surface area contributed by atoms with Gasteiger partial charge in [0, 0.05) is 10.6 Å². The second-order valence-corrected chi connectivity index (χ2v) is 6.55. The lowest BCUT2D eigenvalue weighted by molar-refractivity contribution is -0.118. The zero-order chi connectivity index (χ0) is 18.4. The summed E-state index contributed by atoms with van der Waals surface area (Å²) in [7, 11) is 0. The SMILES string of the molecule is Nn1c(SCC(=O)N/N=C/c2ccccc2)nnc1-c1ccc(Cl)cc1. The summed E-state index contributed by atoms with van der Waals surface area (Å²) in [6.07, 6.45) is 1.58. The molecule has 0 radical (unpaired) electrons. The minimum Gasteiger partial charge on any atom is -0.335 e. The molecule has 0 bridgehead atoms. The normalized spacial score (nSPS) is 11.0. The van der Waals surface area contributed by atoms with Crippen LogP contribution in [0.4, 0.5) is 0 Å². The van der Waals surface area contributed by atoms with Gasteiger partial charge in [-0.3, -0.25) is 4.79 Å². The lowest BCUT2D eigenvalue weighted by atomic mass is 10.2. The van der Waals surface area contributed by atoms with E-state index in [9.17, 15) is 4.79 Å². The maximum absolute atomic E-state index is 11.9. The third-order valence-electron chi connectivity index (χ3n) is 3.30. The van der Waals surface area contributed by atoms with Crippen LogP contribution in [-0.4, -0.2) is 32.7 Å². The Labute approximate surface area is 159 Å². The summed E-state index contributed by atoms with van der Waals surface area (Å²) in [6.45, 7) is 0. The smallest absolute Gasteiger partial charge is 0.250 e. The number of nitrogen functional groups attached to an aromatic ring is 1. The van der Waals surface area contributed by atoms with Gasteiger partial charge in [0.1, 0.15) is 0 Å². The van der Waals surface area contributed by atoms with Crippen molar-refractivity contribution in [3.8, 4) is 11.4 Å². The fraction of sp³-hybridized carbons (Fsp3) is 0.0588. The first-order valence-corrected chi connectivity index (χ1v) is 8.96. The molecule has 26 heavy (non-hydrogen) atoms. The number of thioether (sulfide) groups is 1. The molecule has 0 aliphatic heterocycles. The zero-order valence-corrected chi connectivity index (χ0v) is 15.1. The largest absolute Gasteiger partial charge is 0.335 e. The van der Waals surface area contributed by atoms with Gasteiger partial charge in [-0.05, 0) is 29.8 Å². The molecule has 1 amide bonds. The molecule has 3 aromatic rings. The first-order chi connectivity index (χ1) is 12.6. The standard InChI is InChI=1S/C17H15ClN6OS/c18-14-8-6-13(7-9-14)16-22-23-17(24(16)19)26-11-15(25)21-20-10-12-4-2-1-3-5-12/h1-10H,11,19H2,(H,21,25)/b20-10+. The Morgan fingerprint density at radius 2 is 1.92 bits per heavy atom. The zero-order valence-electron chi connectivity index (χ0n) is 13.5. The Hall–Kier alpha value is -2.84. The number of hydrazone groups is 1. The van der Waals surface area contributed by atoms with Crippen molar-refractivity contribution in [1.29, 1.82) is 0 Å². The highest BCUT2D eigenvalue weighted by Gasteiger charge is 2.13. The number of nitrogens with one attached hydrogen (secondary N) is 1. The molecule has 0 aliphatic carbocycles. The number of aromatic nitrogens is 3. The van der Waals surface area contributed by atoms with E-state index in [-0.39, 0.29) is 11.7 Å². The minimum atomic E-state index is -0.266. The summed E-state index contributed by atoms with van der Waals surface area (Å²) in [5.41, 5.74) is 4.15. The number of carbonyl (C=O) groups excluding carboxylic acids is 1. The Bertz CT molecular complexity index is 911. The predicted octanol–water partition coefficient (Wildman–Crippen LogP) is 2.55. The highest BCUT2D eigenvalue weighted by Crippen LogP contribution is 2.22. The number of benzene rings is 2. The second kappa shape index (κ2) is 8.50. The van der Waals surface area contributed by atoms with Gasteiger partial charge in [0.05, 0.1) is 12.0 Å². The van der Waals surface area contributed by atoms with Gasteiger partial charge in [-0.15, -0.1) is 10.2 Å². The van der Waals surface area contributed by atoms with Gasteiger partial charge in [0.25, 0.3) is 5.91 Å². The molecule has 0 unspecified atom stereocenters. The van der Waals surface area contributed by atoms with E-state index in [1.54, 1.807) is 30.5 Å². The third kappa shape index (κ3) is 4.62. The number of hydrogen-bond acceptors (Lipinski definition) is 6. The summed E-state index contributed by atoms with van der Waals surface area (Å²) >= 11 is 7.05. The van der Waals surface area contributed by atoms with Crippen LogP contribution >= 0.6 is 23.4 Å². The molecular formula is C17H15ClN6OS. The molecule has 9 heteroatoms. The molecule has 1 aromatic heterocycles. The van der Waals surface area contributed by atoms with Crippen molar-refractivity contribution in [3.63, 3.8) is 0 Å². The van der Waals surface area contributed by atoms with Crippen molar-refractivity contribution in [2.45, 2.75) is 5.16 Å². The summed E-state index contributed by atoms with van der Waals surface area (Å²) in [5, 5.41) is 13.0. The van der Waals surface area contributed by atoms with Gasteiger partial charge in [0.15, 0.2) is 5.82 Å². The molecule has 0 atom stereocenters. The van der Waals surface area contributed by atoms with Crippen LogP contribution in [0.2, 0.25) is 5.02 Å². The fourth-order valence-electron chi connectivity index (χ4n) is 2.05. The first kappa shape index (κ1) is 18.0. The van der Waals surface area contributed by atoms with Crippen molar-refractivity contribution in [2.24, 2.45) is 5.10 Å². The van der Waals surface area contributed by atoms with Gasteiger partial charge >= 0.3 is 0 Å². The molecule has 132 valence electrons. The van der Waals surface area contributed by atoms with E-state index in [0.717, 1.165) is 11.1 Å². The predicted molar refractivity (Wildman–Crippen MR) is 104 cm³/mol. The number of hydrogen-bond donors (Lipinski definition) is 2. The highest BCUT2D eigenvalue weighted by molar-refractivity contribution is 7.99. The van der Waals surface area contributed by atoms with Gasteiger partial charge in [-0.25, -0.2) is 10.1 Å². The van der Waals surface area contributed by atoms with E-state index in [4.69, 9.17) is 17.4 Å². The molecule has 0 saturated carbocycles. The third-order valence-corrected chi connectivity index (χ3v) is 4.50. The summed E-state index contributed by atoms with van der Waals surface area (Å²) < 4.78 is 1.34. The number of carbonyl (C=O) groups is 1. The Morgan fingerprint density at radius 1 is 1.19 bits per heavy atom. The van der Waals surface area contributed by atoms with Crippen molar-refractivity contribution in [2.75, 3.05) is 11.6 Å². The van der Waals surface area contributed by atoms with Crippen molar-refractivity contribution in [3.05, 3.63) is 65.2 Å². The molecule has 3 N–H and O–H groups in total. The van der Waals surface area contributed by atoms with Crippen molar-refractivity contribution >= 4 is 35.5 Å². The monoisotopic (exact) mass is 386 g/mol. The topological polar surface area (TPSA) is 98.2 Å². The quantitative estimate of drug-likeness (QED) is 0.293. The van der Waals surface area contributed by atoms with E-state index in [0.29, 0.717) is 16.0 Å². The first-order valence-electron chi connectivity index (χ1n) is 7.59. The Kier molecular flexibility index (Phi) is 5.88. The minimum absolute atomic E-state index is 0.113. The molecule has 3 rings (SSSR count). The van der Waals surface area contributed by atoms with Crippen molar-refractivity contribution in [1.82, 2.24) is 20.3 Å². The Balaban J connectivity index is 1.55. The lowest BCUT2D eigenvalue weighted by Gasteiger charge is -2.03. The summed E-state index contributed by atoms with van der Waals surface area (Å²) in [4.78, 5) is 11.9. The second-order valence-electron chi connectivity index (χ2n) is 5.18. The van der Waals surface area contributed by atoms with Crippen LogP contribution in [-0.2, 0) is 4.79 Å². The maximum atomic E-state index is 11.9. The van der Waals surface area contributed by atoms with Gasteiger partial charge in [-0.2, -0.15) is 5.10 Å². The fourth-order valence-corrected chi connectivity index (χ4v) is 2.83. The molecular weight excluding hydrogens is 372 g/mol. The molecule has 2 aromatic carbocycles. The van der Waals surface area contributed by atoms with E-state index in [1.807, 2.05) is 30.3 Å². The average Bonchev–Trinajstić information content (AvgIpc) is 3.02. The molecule has 0 aliphatic rings. The van der Waals surface area contributed by atoms with Crippen LogP contribution in [0, 0.1) is 0 Å². The van der Waals surface area contributed by atoms with Crippen LogP contribution in [0.1, 0.15) is 5.56 Å². The molecule has 0 fully saturated rings. The maximum Gasteiger partial charge on any atom is 0.250 e. The van der Waals surface area contributed by atoms with E-state index >= 15 is 0 Å². The van der Waals surface area contributed by atoms with Gasteiger partial charge in [-0.1, -0.05) is 53.7 Å². The van der Waals surface area contributed by atoms with Crippen LogP contribution in [0.5, 0.6) is 0 Å². The molecule has 0 spiro atoms.